The van der Waals surface area contributed by atoms with Gasteiger partial charge in [-0.1, -0.05) is 31.3 Å². The molecule has 1 N–H and O–H groups in total. The zero-order valence-corrected chi connectivity index (χ0v) is 11.3. The Balaban J connectivity index is 2.49. The van der Waals surface area contributed by atoms with E-state index in [0.29, 0.717) is 10.2 Å². The van der Waals surface area contributed by atoms with E-state index in [1.165, 1.54) is 6.07 Å². The van der Waals surface area contributed by atoms with E-state index in [-0.39, 0.29) is 5.82 Å². The van der Waals surface area contributed by atoms with Crippen LogP contribution in [0.3, 0.4) is 0 Å². The topological polar surface area (TPSA) is 28.7 Å². The number of nitrogens with one attached hydrogen (secondary N) is 1. The smallest absolute Gasteiger partial charge is 0.130 e. The molecule has 0 bridgehead atoms. The van der Waals surface area contributed by atoms with Crippen LogP contribution in [0.1, 0.15) is 24.7 Å². The summed E-state index contributed by atoms with van der Waals surface area (Å²) in [6, 6.07) is 6.93. The van der Waals surface area contributed by atoms with Crippen molar-refractivity contribution in [3.63, 3.8) is 0 Å². The van der Waals surface area contributed by atoms with E-state index in [1.807, 2.05) is 6.07 Å². The molecule has 0 saturated heterocycles. The summed E-state index contributed by atoms with van der Waals surface area (Å²) in [4.78, 5) is 7.46. The molecule has 0 aliphatic heterocycles. The Bertz CT molecular complexity index is 619. The van der Waals surface area contributed by atoms with Crippen LogP contribution in [0.2, 0.25) is 0 Å². The van der Waals surface area contributed by atoms with Gasteiger partial charge >= 0.3 is 0 Å². The van der Waals surface area contributed by atoms with Crippen LogP contribution in [0.15, 0.2) is 24.3 Å². The first kappa shape index (κ1) is 12.9. The van der Waals surface area contributed by atoms with Gasteiger partial charge in [0.2, 0.25) is 0 Å². The van der Waals surface area contributed by atoms with E-state index in [9.17, 15) is 4.39 Å². The van der Waals surface area contributed by atoms with Gasteiger partial charge in [0.05, 0.1) is 0 Å². The minimum Gasteiger partial charge on any atom is -0.343 e. The molecule has 0 aliphatic carbocycles. The molecule has 1 aromatic heterocycles. The van der Waals surface area contributed by atoms with Gasteiger partial charge in [-0.05, 0) is 31.0 Å². The molecule has 0 spiro atoms. The average molecular weight is 262 g/mol. The molecule has 2 nitrogen and oxygen atoms in total. The number of H-pyrrole nitrogens is 1. The Labute approximate surface area is 111 Å². The normalized spacial score (nSPS) is 10.6. The number of rotatable bonds is 3. The largest absolute Gasteiger partial charge is 0.343 e. The second-order valence-corrected chi connectivity index (χ2v) is 4.71. The molecule has 1 aromatic carbocycles. The lowest BCUT2D eigenvalue weighted by molar-refractivity contribution is 0.619. The minimum atomic E-state index is -0.208. The molecule has 2 aromatic rings. The molecule has 0 atom stereocenters. The minimum absolute atomic E-state index is 0.208. The number of halogens is 1. The molecule has 94 valence electrons. The van der Waals surface area contributed by atoms with E-state index in [1.54, 1.807) is 19.1 Å². The summed E-state index contributed by atoms with van der Waals surface area (Å²) in [5, 5.41) is 0. The number of nitrogens with zero attached hydrogens (tertiary/aromatic N) is 1. The summed E-state index contributed by atoms with van der Waals surface area (Å²) in [5.41, 5.74) is 2.25. The van der Waals surface area contributed by atoms with Crippen LogP contribution in [-0.2, 0) is 6.42 Å². The van der Waals surface area contributed by atoms with Crippen LogP contribution >= 0.6 is 12.2 Å². The number of hydrogen-bond acceptors (Lipinski definition) is 2. The fourth-order valence-corrected chi connectivity index (χ4v) is 2.01. The van der Waals surface area contributed by atoms with Crippen molar-refractivity contribution >= 4 is 12.2 Å². The molecule has 4 heteroatoms. The van der Waals surface area contributed by atoms with Gasteiger partial charge in [0.25, 0.3) is 0 Å². The van der Waals surface area contributed by atoms with Crippen LogP contribution in [0.25, 0.3) is 11.3 Å². The van der Waals surface area contributed by atoms with Crippen molar-refractivity contribution in [2.45, 2.75) is 26.7 Å². The highest BCUT2D eigenvalue weighted by Crippen LogP contribution is 2.20. The first-order valence-corrected chi connectivity index (χ1v) is 6.37. The van der Waals surface area contributed by atoms with Crippen molar-refractivity contribution in [1.29, 1.82) is 0 Å². The van der Waals surface area contributed by atoms with Gasteiger partial charge in [-0.15, -0.1) is 0 Å². The van der Waals surface area contributed by atoms with Gasteiger partial charge in [-0.2, -0.15) is 0 Å². The van der Waals surface area contributed by atoms with Crippen LogP contribution in [0.5, 0.6) is 0 Å². The monoisotopic (exact) mass is 262 g/mol. The van der Waals surface area contributed by atoms with Gasteiger partial charge in [0.15, 0.2) is 0 Å². The van der Waals surface area contributed by atoms with Gasteiger partial charge in [-0.3, -0.25) is 0 Å². The first-order valence-electron chi connectivity index (χ1n) is 5.97. The van der Waals surface area contributed by atoms with Crippen LogP contribution in [0, 0.1) is 17.4 Å². The van der Waals surface area contributed by atoms with Crippen molar-refractivity contribution in [3.8, 4) is 11.3 Å². The van der Waals surface area contributed by atoms with E-state index < -0.39 is 0 Å². The molecule has 1 heterocycles. The molecule has 0 fully saturated rings. The second-order valence-electron chi connectivity index (χ2n) is 4.29. The zero-order chi connectivity index (χ0) is 13.1. The van der Waals surface area contributed by atoms with Gasteiger partial charge in [0, 0.05) is 17.7 Å². The summed E-state index contributed by atoms with van der Waals surface area (Å²) in [6.07, 6.45) is 1.83. The maximum atomic E-state index is 13.6. The lowest BCUT2D eigenvalue weighted by Crippen LogP contribution is -1.97. The van der Waals surface area contributed by atoms with Crippen molar-refractivity contribution in [1.82, 2.24) is 9.97 Å². The standard InChI is InChI=1S/C14H15FN2S/c1-3-4-13-16-12(8-14(18)17-13)10-6-5-9(2)11(15)7-10/h5-8H,3-4H2,1-2H3,(H,16,17,18). The quantitative estimate of drug-likeness (QED) is 0.839. The molecule has 0 aliphatic rings. The molecule has 0 amide bonds. The number of aryl methyl sites for hydroxylation is 2. The van der Waals surface area contributed by atoms with Gasteiger partial charge in [-0.25, -0.2) is 9.37 Å². The number of aromatic amines is 1. The average Bonchev–Trinajstić information content (AvgIpc) is 2.32. The Morgan fingerprint density at radius 1 is 1.33 bits per heavy atom. The van der Waals surface area contributed by atoms with Crippen LogP contribution < -0.4 is 0 Å². The summed E-state index contributed by atoms with van der Waals surface area (Å²) >= 11 is 5.13. The van der Waals surface area contributed by atoms with Crippen molar-refractivity contribution in [2.75, 3.05) is 0 Å². The summed E-state index contributed by atoms with van der Waals surface area (Å²) < 4.78 is 14.1. The number of benzene rings is 1. The van der Waals surface area contributed by atoms with Crippen molar-refractivity contribution in [2.24, 2.45) is 0 Å². The molecule has 18 heavy (non-hydrogen) atoms. The Kier molecular flexibility index (Phi) is 3.87. The van der Waals surface area contributed by atoms with Gasteiger partial charge < -0.3 is 4.98 Å². The van der Waals surface area contributed by atoms with Gasteiger partial charge in [0.1, 0.15) is 16.3 Å². The van der Waals surface area contributed by atoms with E-state index in [0.717, 1.165) is 29.9 Å². The maximum Gasteiger partial charge on any atom is 0.130 e. The Morgan fingerprint density at radius 2 is 2.11 bits per heavy atom. The van der Waals surface area contributed by atoms with E-state index in [4.69, 9.17) is 12.2 Å². The molecule has 0 saturated carbocycles. The fourth-order valence-electron chi connectivity index (χ4n) is 1.78. The molecular weight excluding hydrogens is 247 g/mol. The second kappa shape index (κ2) is 5.40. The van der Waals surface area contributed by atoms with Crippen molar-refractivity contribution in [3.05, 3.63) is 46.1 Å². The third kappa shape index (κ3) is 2.82. The number of aromatic nitrogens is 2. The van der Waals surface area contributed by atoms with Crippen LogP contribution in [0.4, 0.5) is 4.39 Å². The predicted octanol–water partition coefficient (Wildman–Crippen LogP) is 4.21. The highest BCUT2D eigenvalue weighted by Gasteiger charge is 2.04. The third-order valence-electron chi connectivity index (χ3n) is 2.76. The molecular formula is C14H15FN2S. The fraction of sp³-hybridized carbons (Fsp3) is 0.286. The van der Waals surface area contributed by atoms with E-state index in [2.05, 4.69) is 16.9 Å². The summed E-state index contributed by atoms with van der Waals surface area (Å²) in [6.45, 7) is 3.83. The first-order chi connectivity index (χ1) is 8.60. The van der Waals surface area contributed by atoms with Crippen molar-refractivity contribution < 1.29 is 4.39 Å². The Hall–Kier alpha value is -1.55. The highest BCUT2D eigenvalue weighted by atomic mass is 32.1. The van der Waals surface area contributed by atoms with Crippen LogP contribution in [-0.4, -0.2) is 9.97 Å². The third-order valence-corrected chi connectivity index (χ3v) is 2.97. The Morgan fingerprint density at radius 3 is 2.78 bits per heavy atom. The maximum absolute atomic E-state index is 13.6. The number of hydrogen-bond donors (Lipinski definition) is 1. The zero-order valence-electron chi connectivity index (χ0n) is 10.5. The molecule has 0 radical (unpaired) electrons. The summed E-state index contributed by atoms with van der Waals surface area (Å²) in [7, 11) is 0. The predicted molar refractivity (Wildman–Crippen MR) is 73.5 cm³/mol. The summed E-state index contributed by atoms with van der Waals surface area (Å²) in [5.74, 6) is 0.640. The highest BCUT2D eigenvalue weighted by molar-refractivity contribution is 7.71. The molecule has 2 rings (SSSR count). The van der Waals surface area contributed by atoms with E-state index >= 15 is 0 Å². The lowest BCUT2D eigenvalue weighted by atomic mass is 10.1. The molecule has 0 unspecified atom stereocenters. The lowest BCUT2D eigenvalue weighted by Gasteiger charge is -2.06. The SMILES string of the molecule is CCCc1nc(=S)cc(-c2ccc(C)c(F)c2)[nH]1.